The molecule has 2 aromatic heterocycles. The molecule has 3 heterocycles. The van der Waals surface area contributed by atoms with Crippen molar-refractivity contribution in [2.75, 3.05) is 31.1 Å². The number of aromatic nitrogens is 3. The highest BCUT2D eigenvalue weighted by Crippen LogP contribution is 2.24. The Hall–Kier alpha value is -4.11. The second-order valence-corrected chi connectivity index (χ2v) is 8.26. The Morgan fingerprint density at radius 3 is 2.59 bits per heavy atom. The van der Waals surface area contributed by atoms with Crippen molar-refractivity contribution in [3.05, 3.63) is 71.4 Å². The van der Waals surface area contributed by atoms with Crippen molar-refractivity contribution in [2.45, 2.75) is 0 Å². The van der Waals surface area contributed by atoms with Gasteiger partial charge in [0, 0.05) is 48.5 Å². The second-order valence-electron chi connectivity index (χ2n) is 7.83. The Morgan fingerprint density at radius 1 is 1.03 bits per heavy atom. The Kier molecular flexibility index (Phi) is 5.77. The molecule has 0 atom stereocenters. The van der Waals surface area contributed by atoms with E-state index in [4.69, 9.17) is 16.7 Å². The number of ether oxygens (including phenoxy) is 1. The number of amides is 1. The van der Waals surface area contributed by atoms with Crippen molar-refractivity contribution >= 4 is 40.5 Å². The minimum absolute atomic E-state index is 0.119. The number of nitrogens with one attached hydrogen (secondary N) is 1. The maximum atomic E-state index is 12.8. The third kappa shape index (κ3) is 4.51. The van der Waals surface area contributed by atoms with Gasteiger partial charge in [-0.25, -0.2) is 14.8 Å². The van der Waals surface area contributed by atoms with Crippen molar-refractivity contribution in [3.8, 4) is 17.1 Å². The summed E-state index contributed by atoms with van der Waals surface area (Å²) in [4.78, 5) is 39.9. The Bertz CT molecular complexity index is 1360. The van der Waals surface area contributed by atoms with Crippen LogP contribution in [0.25, 0.3) is 22.4 Å². The predicted octanol–water partition coefficient (Wildman–Crippen LogP) is 4.30. The third-order valence-corrected chi connectivity index (χ3v) is 5.88. The average molecular weight is 478 g/mol. The van der Waals surface area contributed by atoms with E-state index in [0.717, 1.165) is 28.2 Å². The number of hydrogen-bond acceptors (Lipinski definition) is 6. The standard InChI is InChI=1S/C24H20ClN5O4/c25-17-5-6-19-20(13-17)28-22(27-19)16-4-7-21(26-14-16)29-8-10-30(11-9-29)23(31)15-2-1-3-18(12-15)34-24(32)33/h1-7,12-14H,8-11H2,(H,27,28)(H,32,33). The molecule has 1 fully saturated rings. The fourth-order valence-electron chi connectivity index (χ4n) is 3.95. The summed E-state index contributed by atoms with van der Waals surface area (Å²) in [6.07, 6.45) is 0.363. The van der Waals surface area contributed by atoms with Gasteiger partial charge in [-0.2, -0.15) is 0 Å². The molecular formula is C24H20ClN5O4. The lowest BCUT2D eigenvalue weighted by molar-refractivity contribution is 0.0745. The molecule has 0 bridgehead atoms. The Morgan fingerprint density at radius 2 is 1.85 bits per heavy atom. The summed E-state index contributed by atoms with van der Waals surface area (Å²) in [5.41, 5.74) is 2.96. The molecule has 0 saturated carbocycles. The lowest BCUT2D eigenvalue weighted by Gasteiger charge is -2.35. The number of nitrogens with zero attached hydrogens (tertiary/aromatic N) is 4. The number of anilines is 1. The first-order chi connectivity index (χ1) is 16.5. The minimum Gasteiger partial charge on any atom is -0.449 e. The van der Waals surface area contributed by atoms with Crippen LogP contribution in [0, 0.1) is 0 Å². The lowest BCUT2D eigenvalue weighted by atomic mass is 10.1. The van der Waals surface area contributed by atoms with Crippen LogP contribution in [-0.2, 0) is 0 Å². The number of fused-ring (bicyclic) bond motifs is 1. The van der Waals surface area contributed by atoms with Crippen LogP contribution in [0.1, 0.15) is 10.4 Å². The van der Waals surface area contributed by atoms with Gasteiger partial charge < -0.3 is 24.6 Å². The molecule has 1 aliphatic rings. The fraction of sp³-hybridized carbons (Fsp3) is 0.167. The first-order valence-corrected chi connectivity index (χ1v) is 11.0. The number of hydrogen-bond donors (Lipinski definition) is 2. The molecule has 5 rings (SSSR count). The highest BCUT2D eigenvalue weighted by molar-refractivity contribution is 6.31. The van der Waals surface area contributed by atoms with Gasteiger partial charge in [0.1, 0.15) is 17.4 Å². The van der Waals surface area contributed by atoms with Crippen LogP contribution in [0.5, 0.6) is 5.75 Å². The van der Waals surface area contributed by atoms with Crippen molar-refractivity contribution in [2.24, 2.45) is 0 Å². The third-order valence-electron chi connectivity index (χ3n) is 5.64. The largest absolute Gasteiger partial charge is 0.511 e. The summed E-state index contributed by atoms with van der Waals surface area (Å²) < 4.78 is 4.65. The van der Waals surface area contributed by atoms with Gasteiger partial charge in [-0.1, -0.05) is 17.7 Å². The topological polar surface area (TPSA) is 112 Å². The molecule has 1 saturated heterocycles. The Labute approximate surface area is 199 Å². The van der Waals surface area contributed by atoms with Crippen LogP contribution in [0.15, 0.2) is 60.8 Å². The molecule has 172 valence electrons. The van der Waals surface area contributed by atoms with Crippen molar-refractivity contribution in [1.29, 1.82) is 0 Å². The first-order valence-electron chi connectivity index (χ1n) is 10.6. The van der Waals surface area contributed by atoms with Crippen molar-refractivity contribution in [1.82, 2.24) is 19.9 Å². The second kappa shape index (κ2) is 9.03. The molecule has 0 spiro atoms. The zero-order valence-electron chi connectivity index (χ0n) is 17.9. The summed E-state index contributed by atoms with van der Waals surface area (Å²) in [5, 5.41) is 9.42. The molecule has 34 heavy (non-hydrogen) atoms. The summed E-state index contributed by atoms with van der Waals surface area (Å²) in [7, 11) is 0. The number of carbonyl (C=O) groups excluding carboxylic acids is 1. The van der Waals surface area contributed by atoms with E-state index in [9.17, 15) is 9.59 Å². The number of pyridine rings is 1. The van der Waals surface area contributed by atoms with E-state index < -0.39 is 6.16 Å². The fourth-order valence-corrected chi connectivity index (χ4v) is 4.12. The van der Waals surface area contributed by atoms with Crippen LogP contribution in [0.4, 0.5) is 10.6 Å². The molecule has 0 aliphatic carbocycles. The Balaban J connectivity index is 1.23. The van der Waals surface area contributed by atoms with Crippen molar-refractivity contribution in [3.63, 3.8) is 0 Å². The van der Waals surface area contributed by atoms with E-state index in [2.05, 4.69) is 24.6 Å². The lowest BCUT2D eigenvalue weighted by Crippen LogP contribution is -2.49. The van der Waals surface area contributed by atoms with Crippen LogP contribution in [-0.4, -0.2) is 63.2 Å². The normalized spacial score (nSPS) is 13.8. The first kappa shape index (κ1) is 21.7. The maximum Gasteiger partial charge on any atom is 0.511 e. The van der Waals surface area contributed by atoms with E-state index in [1.54, 1.807) is 29.3 Å². The highest BCUT2D eigenvalue weighted by Gasteiger charge is 2.23. The molecule has 2 aromatic carbocycles. The van der Waals surface area contributed by atoms with Crippen LogP contribution in [0.2, 0.25) is 5.02 Å². The van der Waals surface area contributed by atoms with E-state index in [0.29, 0.717) is 36.8 Å². The molecule has 0 unspecified atom stereocenters. The molecule has 4 aromatic rings. The number of benzene rings is 2. The maximum absolute atomic E-state index is 12.8. The van der Waals surface area contributed by atoms with E-state index in [-0.39, 0.29) is 11.7 Å². The van der Waals surface area contributed by atoms with Gasteiger partial charge in [0.05, 0.1) is 11.0 Å². The highest BCUT2D eigenvalue weighted by atomic mass is 35.5. The van der Waals surface area contributed by atoms with Gasteiger partial charge in [-0.3, -0.25) is 4.79 Å². The zero-order valence-corrected chi connectivity index (χ0v) is 18.7. The number of carboxylic acid groups (broad SMARTS) is 1. The molecule has 1 amide bonds. The number of aromatic amines is 1. The van der Waals surface area contributed by atoms with Crippen LogP contribution in [0.3, 0.4) is 0 Å². The van der Waals surface area contributed by atoms with Gasteiger partial charge in [0.2, 0.25) is 0 Å². The number of rotatable bonds is 4. The predicted molar refractivity (Wildman–Crippen MR) is 128 cm³/mol. The van der Waals surface area contributed by atoms with Gasteiger partial charge in [-0.15, -0.1) is 0 Å². The summed E-state index contributed by atoms with van der Waals surface area (Å²) in [6, 6.07) is 15.6. The molecular weight excluding hydrogens is 458 g/mol. The number of imidazole rings is 1. The van der Waals surface area contributed by atoms with E-state index in [1.807, 2.05) is 24.3 Å². The SMILES string of the molecule is O=C(O)Oc1cccc(C(=O)N2CCN(c3ccc(-c4nc5ccc(Cl)cc5[nH]4)cn3)CC2)c1. The molecule has 1 aliphatic heterocycles. The average Bonchev–Trinajstić information content (AvgIpc) is 3.27. The smallest absolute Gasteiger partial charge is 0.449 e. The number of carbonyl (C=O) groups is 2. The van der Waals surface area contributed by atoms with Gasteiger partial charge in [0.25, 0.3) is 5.91 Å². The molecule has 2 N–H and O–H groups in total. The monoisotopic (exact) mass is 477 g/mol. The van der Waals surface area contributed by atoms with Gasteiger partial charge >= 0.3 is 6.16 Å². The van der Waals surface area contributed by atoms with Gasteiger partial charge in [-0.05, 0) is 48.5 Å². The molecule has 10 heteroatoms. The van der Waals surface area contributed by atoms with E-state index in [1.165, 1.54) is 12.1 Å². The molecule has 0 radical (unpaired) electrons. The summed E-state index contributed by atoms with van der Waals surface area (Å²) >= 11 is 6.05. The number of H-pyrrole nitrogens is 1. The zero-order chi connectivity index (χ0) is 23.7. The number of piperazine rings is 1. The molecule has 9 nitrogen and oxygen atoms in total. The van der Waals surface area contributed by atoms with Crippen LogP contribution >= 0.6 is 11.6 Å². The summed E-state index contributed by atoms with van der Waals surface area (Å²) in [5.74, 6) is 1.50. The van der Waals surface area contributed by atoms with Crippen LogP contribution < -0.4 is 9.64 Å². The van der Waals surface area contributed by atoms with Gasteiger partial charge in [0.15, 0.2) is 0 Å². The quantitative estimate of drug-likeness (QED) is 0.333. The number of halogens is 1. The minimum atomic E-state index is -1.42. The van der Waals surface area contributed by atoms with Crippen molar-refractivity contribution < 1.29 is 19.4 Å². The summed E-state index contributed by atoms with van der Waals surface area (Å²) in [6.45, 7) is 2.31. The van der Waals surface area contributed by atoms with E-state index >= 15 is 0 Å².